The third-order valence-electron chi connectivity index (χ3n) is 2.69. The molecule has 96 valence electrons. The van der Waals surface area contributed by atoms with Gasteiger partial charge in [-0.1, -0.05) is 30.3 Å². The van der Waals surface area contributed by atoms with E-state index in [9.17, 15) is 9.90 Å². The molecule has 0 aromatic heterocycles. The molecule has 0 unspecified atom stereocenters. The summed E-state index contributed by atoms with van der Waals surface area (Å²) < 4.78 is 0. The SMILES string of the molecule is C#CCCCCC(=O)N[C@@H](CO)c1ccccc1. The summed E-state index contributed by atoms with van der Waals surface area (Å²) in [6, 6.07) is 9.12. The Morgan fingerprint density at radius 3 is 2.67 bits per heavy atom. The number of carbonyl (C=O) groups is 1. The molecule has 0 aliphatic heterocycles. The molecule has 0 bridgehead atoms. The molecule has 0 radical (unpaired) electrons. The van der Waals surface area contributed by atoms with E-state index < -0.39 is 0 Å². The summed E-state index contributed by atoms with van der Waals surface area (Å²) in [5, 5.41) is 12.1. The first-order valence-electron chi connectivity index (χ1n) is 6.16. The summed E-state index contributed by atoms with van der Waals surface area (Å²) in [5.41, 5.74) is 0.914. The third-order valence-corrected chi connectivity index (χ3v) is 2.69. The molecule has 0 fully saturated rings. The van der Waals surface area contributed by atoms with Crippen molar-refractivity contribution >= 4 is 5.91 Å². The van der Waals surface area contributed by atoms with E-state index in [2.05, 4.69) is 11.2 Å². The lowest BCUT2D eigenvalue weighted by Gasteiger charge is -2.16. The van der Waals surface area contributed by atoms with Gasteiger partial charge in [0.15, 0.2) is 0 Å². The smallest absolute Gasteiger partial charge is 0.220 e. The summed E-state index contributed by atoms with van der Waals surface area (Å²) in [4.78, 5) is 11.7. The summed E-state index contributed by atoms with van der Waals surface area (Å²) >= 11 is 0. The van der Waals surface area contributed by atoms with Gasteiger partial charge in [0.25, 0.3) is 0 Å². The number of amides is 1. The Balaban J connectivity index is 2.39. The molecule has 1 aromatic carbocycles. The summed E-state index contributed by atoms with van der Waals surface area (Å²) in [6.07, 6.45) is 7.93. The summed E-state index contributed by atoms with van der Waals surface area (Å²) in [7, 11) is 0. The highest BCUT2D eigenvalue weighted by Gasteiger charge is 2.12. The molecule has 0 aliphatic rings. The van der Waals surface area contributed by atoms with Crippen LogP contribution in [-0.2, 0) is 4.79 Å². The van der Waals surface area contributed by atoms with E-state index >= 15 is 0 Å². The lowest BCUT2D eigenvalue weighted by atomic mass is 10.1. The molecule has 0 aliphatic carbocycles. The Hall–Kier alpha value is -1.79. The number of hydrogen-bond donors (Lipinski definition) is 2. The first-order valence-corrected chi connectivity index (χ1v) is 6.16. The fraction of sp³-hybridized carbons (Fsp3) is 0.400. The molecule has 0 saturated carbocycles. The van der Waals surface area contributed by atoms with Crippen molar-refractivity contribution < 1.29 is 9.90 Å². The van der Waals surface area contributed by atoms with E-state index in [1.54, 1.807) is 0 Å². The number of aliphatic hydroxyl groups is 1. The molecule has 2 N–H and O–H groups in total. The number of carbonyl (C=O) groups excluding carboxylic acids is 1. The van der Waals surface area contributed by atoms with Gasteiger partial charge in [-0.3, -0.25) is 4.79 Å². The Morgan fingerprint density at radius 2 is 2.06 bits per heavy atom. The summed E-state index contributed by atoms with van der Waals surface area (Å²) in [5.74, 6) is 2.50. The Labute approximate surface area is 108 Å². The average molecular weight is 245 g/mol. The zero-order valence-electron chi connectivity index (χ0n) is 10.4. The number of benzene rings is 1. The zero-order chi connectivity index (χ0) is 13.2. The van der Waals surface area contributed by atoms with Crippen LogP contribution >= 0.6 is 0 Å². The second-order valence-corrected chi connectivity index (χ2v) is 4.12. The largest absolute Gasteiger partial charge is 0.394 e. The van der Waals surface area contributed by atoms with Crippen molar-refractivity contribution in [3.05, 3.63) is 35.9 Å². The number of hydrogen-bond acceptors (Lipinski definition) is 2. The van der Waals surface area contributed by atoms with Gasteiger partial charge < -0.3 is 10.4 Å². The molecule has 1 aromatic rings. The lowest BCUT2D eigenvalue weighted by molar-refractivity contribution is -0.122. The molecule has 0 spiro atoms. The van der Waals surface area contributed by atoms with Gasteiger partial charge in [0.1, 0.15) is 0 Å². The maximum atomic E-state index is 11.7. The van der Waals surface area contributed by atoms with Gasteiger partial charge in [0, 0.05) is 12.8 Å². The lowest BCUT2D eigenvalue weighted by Crippen LogP contribution is -2.30. The van der Waals surface area contributed by atoms with Crippen LogP contribution in [0.15, 0.2) is 30.3 Å². The van der Waals surface area contributed by atoms with Crippen LogP contribution in [0, 0.1) is 12.3 Å². The van der Waals surface area contributed by atoms with E-state index in [-0.39, 0.29) is 18.6 Å². The molecule has 18 heavy (non-hydrogen) atoms. The quantitative estimate of drug-likeness (QED) is 0.570. The first-order chi connectivity index (χ1) is 8.77. The minimum Gasteiger partial charge on any atom is -0.394 e. The predicted octanol–water partition coefficient (Wildman–Crippen LogP) is 2.03. The van der Waals surface area contributed by atoms with Crippen LogP contribution in [0.3, 0.4) is 0 Å². The van der Waals surface area contributed by atoms with Crippen molar-refractivity contribution in [2.45, 2.75) is 31.7 Å². The topological polar surface area (TPSA) is 49.3 Å². The molecular weight excluding hydrogens is 226 g/mol. The number of nitrogens with one attached hydrogen (secondary N) is 1. The van der Waals surface area contributed by atoms with Crippen LogP contribution in [0.25, 0.3) is 0 Å². The van der Waals surface area contributed by atoms with Gasteiger partial charge in [-0.2, -0.15) is 0 Å². The number of rotatable bonds is 7. The van der Waals surface area contributed by atoms with Crippen molar-refractivity contribution in [1.29, 1.82) is 0 Å². The van der Waals surface area contributed by atoms with Crippen molar-refractivity contribution in [2.75, 3.05) is 6.61 Å². The van der Waals surface area contributed by atoms with Crippen LogP contribution < -0.4 is 5.32 Å². The van der Waals surface area contributed by atoms with Crippen LogP contribution in [0.1, 0.15) is 37.3 Å². The van der Waals surface area contributed by atoms with Crippen molar-refractivity contribution in [3.8, 4) is 12.3 Å². The maximum Gasteiger partial charge on any atom is 0.220 e. The molecule has 1 atom stereocenters. The second kappa shape index (κ2) is 8.32. The standard InChI is InChI=1S/C15H19NO2/c1-2-3-4-8-11-15(18)16-14(12-17)13-9-6-5-7-10-13/h1,5-7,9-10,14,17H,3-4,8,11-12H2,(H,16,18)/t14-/m0/s1. The molecule has 3 nitrogen and oxygen atoms in total. The highest BCUT2D eigenvalue weighted by molar-refractivity contribution is 5.76. The second-order valence-electron chi connectivity index (χ2n) is 4.12. The molecule has 0 heterocycles. The van der Waals surface area contributed by atoms with Gasteiger partial charge in [0.2, 0.25) is 5.91 Å². The van der Waals surface area contributed by atoms with Gasteiger partial charge in [0.05, 0.1) is 12.6 Å². The fourth-order valence-corrected chi connectivity index (χ4v) is 1.70. The zero-order valence-corrected chi connectivity index (χ0v) is 10.4. The number of unbranched alkanes of at least 4 members (excludes halogenated alkanes) is 2. The van der Waals surface area contributed by atoms with Crippen molar-refractivity contribution in [3.63, 3.8) is 0 Å². The molecule has 1 amide bonds. The van der Waals surface area contributed by atoms with E-state index in [0.717, 1.165) is 18.4 Å². The molecular formula is C15H19NO2. The van der Waals surface area contributed by atoms with Crippen LogP contribution in [0.2, 0.25) is 0 Å². The van der Waals surface area contributed by atoms with E-state index in [0.29, 0.717) is 12.8 Å². The van der Waals surface area contributed by atoms with Gasteiger partial charge in [-0.15, -0.1) is 12.3 Å². The van der Waals surface area contributed by atoms with Crippen LogP contribution in [0.5, 0.6) is 0 Å². The number of terminal acetylenes is 1. The van der Waals surface area contributed by atoms with Crippen molar-refractivity contribution in [2.24, 2.45) is 0 Å². The van der Waals surface area contributed by atoms with Crippen LogP contribution in [-0.4, -0.2) is 17.6 Å². The Kier molecular flexibility index (Phi) is 6.60. The first kappa shape index (κ1) is 14.3. The van der Waals surface area contributed by atoms with Gasteiger partial charge in [-0.25, -0.2) is 0 Å². The molecule has 3 heteroatoms. The van der Waals surface area contributed by atoms with E-state index in [4.69, 9.17) is 6.42 Å². The van der Waals surface area contributed by atoms with Gasteiger partial charge in [-0.05, 0) is 18.4 Å². The fourth-order valence-electron chi connectivity index (χ4n) is 1.70. The normalized spacial score (nSPS) is 11.6. The van der Waals surface area contributed by atoms with Crippen molar-refractivity contribution in [1.82, 2.24) is 5.32 Å². The molecule has 0 saturated heterocycles. The van der Waals surface area contributed by atoms with E-state index in [1.807, 2.05) is 30.3 Å². The summed E-state index contributed by atoms with van der Waals surface area (Å²) in [6.45, 7) is -0.0971. The Bertz CT molecular complexity index is 395. The maximum absolute atomic E-state index is 11.7. The average Bonchev–Trinajstić information content (AvgIpc) is 2.42. The highest BCUT2D eigenvalue weighted by atomic mass is 16.3. The number of aliphatic hydroxyl groups excluding tert-OH is 1. The van der Waals surface area contributed by atoms with E-state index in [1.165, 1.54) is 0 Å². The third kappa shape index (κ3) is 5.03. The molecule has 1 rings (SSSR count). The highest BCUT2D eigenvalue weighted by Crippen LogP contribution is 2.12. The minimum absolute atomic E-state index is 0.0464. The monoisotopic (exact) mass is 245 g/mol. The van der Waals surface area contributed by atoms with Gasteiger partial charge >= 0.3 is 0 Å². The minimum atomic E-state index is -0.327. The Morgan fingerprint density at radius 1 is 1.33 bits per heavy atom. The predicted molar refractivity (Wildman–Crippen MR) is 71.7 cm³/mol. The van der Waals surface area contributed by atoms with Crippen LogP contribution in [0.4, 0.5) is 0 Å².